The fourth-order valence-corrected chi connectivity index (χ4v) is 3.88. The Morgan fingerprint density at radius 2 is 1.81 bits per heavy atom. The maximum Gasteiger partial charge on any atom is 0.311 e. The first-order chi connectivity index (χ1) is 18.0. The van der Waals surface area contributed by atoms with Crippen molar-refractivity contribution in [2.75, 3.05) is 6.79 Å². The highest BCUT2D eigenvalue weighted by molar-refractivity contribution is 6.05. The summed E-state index contributed by atoms with van der Waals surface area (Å²) >= 11 is 0. The maximum atomic E-state index is 13.2. The second-order valence-corrected chi connectivity index (χ2v) is 7.98. The van der Waals surface area contributed by atoms with Gasteiger partial charge in [-0.25, -0.2) is 0 Å². The SMILES string of the molecule is C#CCn1c(O)c(N=NC(=O)/C(=C\c2ccc3c(c2)OCO3)NC(=O)c2ccccc2)c2ccccc21. The number of nitrogens with one attached hydrogen (secondary N) is 1. The molecule has 5 rings (SSSR count). The third-order valence-electron chi connectivity index (χ3n) is 5.63. The lowest BCUT2D eigenvalue weighted by molar-refractivity contribution is -0.115. The quantitative estimate of drug-likeness (QED) is 0.228. The Kier molecular flexibility index (Phi) is 6.38. The molecule has 1 aliphatic rings. The Morgan fingerprint density at radius 1 is 1.05 bits per heavy atom. The van der Waals surface area contributed by atoms with Crippen LogP contribution in [0, 0.1) is 12.3 Å². The Balaban J connectivity index is 1.50. The van der Waals surface area contributed by atoms with Gasteiger partial charge in [-0.1, -0.05) is 48.4 Å². The first-order valence-electron chi connectivity index (χ1n) is 11.2. The van der Waals surface area contributed by atoms with E-state index in [-0.39, 0.29) is 30.6 Å². The number of terminal acetylenes is 1. The van der Waals surface area contributed by atoms with Crippen LogP contribution < -0.4 is 14.8 Å². The van der Waals surface area contributed by atoms with Crippen LogP contribution in [-0.4, -0.2) is 28.3 Å². The van der Waals surface area contributed by atoms with Crippen molar-refractivity contribution in [2.24, 2.45) is 10.2 Å². The molecule has 0 atom stereocenters. The number of para-hydroxylation sites is 1. The van der Waals surface area contributed by atoms with Crippen LogP contribution >= 0.6 is 0 Å². The second-order valence-electron chi connectivity index (χ2n) is 7.98. The van der Waals surface area contributed by atoms with E-state index in [4.69, 9.17) is 15.9 Å². The predicted octanol–water partition coefficient (Wildman–Crippen LogP) is 4.79. The van der Waals surface area contributed by atoms with Gasteiger partial charge >= 0.3 is 5.91 Å². The monoisotopic (exact) mass is 492 g/mol. The van der Waals surface area contributed by atoms with Gasteiger partial charge in [0.25, 0.3) is 5.91 Å². The molecule has 9 nitrogen and oxygen atoms in total. The van der Waals surface area contributed by atoms with Gasteiger partial charge in [-0.2, -0.15) is 0 Å². The summed E-state index contributed by atoms with van der Waals surface area (Å²) in [6.45, 7) is 0.211. The van der Waals surface area contributed by atoms with E-state index in [1.54, 1.807) is 72.8 Å². The number of hydrogen-bond donors (Lipinski definition) is 2. The summed E-state index contributed by atoms with van der Waals surface area (Å²) in [5.74, 6) is 2.04. The van der Waals surface area contributed by atoms with E-state index >= 15 is 0 Å². The molecule has 0 spiro atoms. The molecule has 2 heterocycles. The van der Waals surface area contributed by atoms with E-state index in [9.17, 15) is 14.7 Å². The summed E-state index contributed by atoms with van der Waals surface area (Å²) in [6.07, 6.45) is 6.90. The predicted molar refractivity (Wildman–Crippen MR) is 136 cm³/mol. The van der Waals surface area contributed by atoms with Crippen molar-refractivity contribution >= 4 is 34.5 Å². The van der Waals surface area contributed by atoms with Crippen molar-refractivity contribution < 1.29 is 24.2 Å². The number of benzene rings is 3. The average molecular weight is 492 g/mol. The Bertz CT molecular complexity index is 1610. The second kappa shape index (κ2) is 10.1. The van der Waals surface area contributed by atoms with Crippen LogP contribution in [0.5, 0.6) is 17.4 Å². The van der Waals surface area contributed by atoms with E-state index in [1.165, 1.54) is 10.6 Å². The van der Waals surface area contributed by atoms with Crippen molar-refractivity contribution in [2.45, 2.75) is 6.54 Å². The molecule has 1 aromatic heterocycles. The van der Waals surface area contributed by atoms with Crippen LogP contribution in [0.1, 0.15) is 15.9 Å². The van der Waals surface area contributed by atoms with Gasteiger partial charge < -0.3 is 19.9 Å². The van der Waals surface area contributed by atoms with Gasteiger partial charge in [-0.3, -0.25) is 14.2 Å². The molecule has 0 saturated heterocycles. The lowest BCUT2D eigenvalue weighted by atomic mass is 10.1. The molecule has 1 aliphatic heterocycles. The molecule has 9 heteroatoms. The summed E-state index contributed by atoms with van der Waals surface area (Å²) in [6, 6.07) is 20.6. The summed E-state index contributed by atoms with van der Waals surface area (Å²) in [7, 11) is 0. The number of nitrogens with zero attached hydrogens (tertiary/aromatic N) is 3. The number of ether oxygens (including phenoxy) is 2. The maximum absolute atomic E-state index is 13.2. The fourth-order valence-electron chi connectivity index (χ4n) is 3.88. The Morgan fingerprint density at radius 3 is 2.62 bits per heavy atom. The molecule has 0 aliphatic carbocycles. The van der Waals surface area contributed by atoms with Crippen molar-refractivity contribution in [3.63, 3.8) is 0 Å². The smallest absolute Gasteiger partial charge is 0.311 e. The van der Waals surface area contributed by atoms with Gasteiger partial charge in [0.2, 0.25) is 12.7 Å². The molecule has 3 aromatic carbocycles. The van der Waals surface area contributed by atoms with Crippen molar-refractivity contribution in [1.29, 1.82) is 0 Å². The molecule has 0 radical (unpaired) electrons. The molecular weight excluding hydrogens is 472 g/mol. The standard InChI is InChI=1S/C28H20N4O5/c1-2-14-32-22-11-7-6-10-20(22)25(28(32)35)30-31-27(34)21(29-26(33)19-8-4-3-5-9-19)15-18-12-13-23-24(16-18)37-17-36-23/h1,3-13,15-16,35H,14,17H2,(H,29,33)/b21-15+,31-30?. The average Bonchev–Trinajstić information content (AvgIpc) is 3.49. The molecule has 2 amide bonds. The van der Waals surface area contributed by atoms with Gasteiger partial charge in [0.05, 0.1) is 12.1 Å². The first kappa shape index (κ1) is 23.4. The highest BCUT2D eigenvalue weighted by Gasteiger charge is 2.19. The van der Waals surface area contributed by atoms with E-state index < -0.39 is 11.8 Å². The van der Waals surface area contributed by atoms with Gasteiger partial charge in [0.15, 0.2) is 17.2 Å². The zero-order valence-electron chi connectivity index (χ0n) is 19.4. The number of carbonyl (C=O) groups excluding carboxylic acids is 2. The summed E-state index contributed by atoms with van der Waals surface area (Å²) in [5, 5.41) is 21.7. The molecule has 0 bridgehead atoms. The molecule has 0 saturated carbocycles. The number of carbonyl (C=O) groups is 2. The molecule has 0 fully saturated rings. The number of aromatic hydroxyl groups is 1. The summed E-state index contributed by atoms with van der Waals surface area (Å²) in [4.78, 5) is 26.0. The molecule has 4 aromatic rings. The van der Waals surface area contributed by atoms with E-state index in [2.05, 4.69) is 21.5 Å². The van der Waals surface area contributed by atoms with E-state index in [1.807, 2.05) is 0 Å². The van der Waals surface area contributed by atoms with Gasteiger partial charge in [0.1, 0.15) is 5.70 Å². The van der Waals surface area contributed by atoms with Crippen LogP contribution in [0.15, 0.2) is 88.7 Å². The molecule has 182 valence electrons. The number of rotatable bonds is 6. The van der Waals surface area contributed by atoms with Gasteiger partial charge in [-0.15, -0.1) is 16.7 Å². The highest BCUT2D eigenvalue weighted by atomic mass is 16.7. The zero-order valence-corrected chi connectivity index (χ0v) is 19.4. The Labute approximate surface area is 211 Å². The topological polar surface area (TPSA) is 115 Å². The lowest BCUT2D eigenvalue weighted by Crippen LogP contribution is -2.26. The van der Waals surface area contributed by atoms with Crippen LogP contribution in [0.2, 0.25) is 0 Å². The largest absolute Gasteiger partial charge is 0.493 e. The molecule has 2 N–H and O–H groups in total. The van der Waals surface area contributed by atoms with Crippen LogP contribution in [0.25, 0.3) is 17.0 Å². The number of fused-ring (bicyclic) bond motifs is 2. The van der Waals surface area contributed by atoms with Crippen molar-refractivity contribution in [3.05, 3.63) is 89.6 Å². The van der Waals surface area contributed by atoms with Crippen LogP contribution in [0.3, 0.4) is 0 Å². The third-order valence-corrected chi connectivity index (χ3v) is 5.63. The fraction of sp³-hybridized carbons (Fsp3) is 0.0714. The number of aromatic nitrogens is 1. The van der Waals surface area contributed by atoms with Crippen molar-refractivity contribution in [3.8, 4) is 29.7 Å². The van der Waals surface area contributed by atoms with E-state index in [0.29, 0.717) is 33.5 Å². The van der Waals surface area contributed by atoms with Gasteiger partial charge in [-0.05, 0) is 42.0 Å². The summed E-state index contributed by atoms with van der Waals surface area (Å²) in [5.41, 5.74) is 1.55. The van der Waals surface area contributed by atoms with Crippen molar-refractivity contribution in [1.82, 2.24) is 9.88 Å². The minimum atomic E-state index is -0.824. The first-order valence-corrected chi connectivity index (χ1v) is 11.2. The molecule has 37 heavy (non-hydrogen) atoms. The van der Waals surface area contributed by atoms with E-state index in [0.717, 1.165) is 0 Å². The lowest BCUT2D eigenvalue weighted by Gasteiger charge is -2.07. The normalized spacial score (nSPS) is 12.6. The minimum absolute atomic E-state index is 0.0935. The number of amides is 2. The zero-order chi connectivity index (χ0) is 25.8. The minimum Gasteiger partial charge on any atom is -0.493 e. The number of azo groups is 1. The van der Waals surface area contributed by atoms with Crippen LogP contribution in [-0.2, 0) is 11.3 Å². The van der Waals surface area contributed by atoms with Crippen LogP contribution in [0.4, 0.5) is 5.69 Å². The molecular formula is C28H20N4O5. The summed E-state index contributed by atoms with van der Waals surface area (Å²) < 4.78 is 12.2. The van der Waals surface area contributed by atoms with Gasteiger partial charge in [0, 0.05) is 10.9 Å². The molecule has 0 unspecified atom stereocenters. The highest BCUT2D eigenvalue weighted by Crippen LogP contribution is 2.38. The Hall–Kier alpha value is -5.36. The third kappa shape index (κ3) is 4.76. The number of hydrogen-bond acceptors (Lipinski definition) is 6.